The zero-order valence-corrected chi connectivity index (χ0v) is 9.25. The van der Waals surface area contributed by atoms with Gasteiger partial charge in [0.2, 0.25) is 0 Å². The van der Waals surface area contributed by atoms with Gasteiger partial charge in [-0.1, -0.05) is 6.07 Å². The van der Waals surface area contributed by atoms with Crippen LogP contribution in [0, 0.1) is 22.7 Å². The zero-order chi connectivity index (χ0) is 13.1. The molecule has 6 heteroatoms. The number of aromatic nitrogens is 2. The van der Waals surface area contributed by atoms with E-state index in [0.717, 1.165) is 0 Å². The average Bonchev–Trinajstić information content (AvgIpc) is 2.39. The van der Waals surface area contributed by atoms with Crippen molar-refractivity contribution in [2.75, 3.05) is 11.5 Å². The molecule has 0 saturated heterocycles. The second kappa shape index (κ2) is 4.40. The number of anilines is 2. The Morgan fingerprint density at radius 1 is 1.06 bits per heavy atom. The molecule has 0 aliphatic heterocycles. The van der Waals surface area contributed by atoms with Crippen LogP contribution in [0.4, 0.5) is 11.6 Å². The first-order valence-corrected chi connectivity index (χ1v) is 4.98. The maximum Gasteiger partial charge on any atom is 0.144 e. The maximum atomic E-state index is 9.13. The summed E-state index contributed by atoms with van der Waals surface area (Å²) < 4.78 is 0. The summed E-state index contributed by atoms with van der Waals surface area (Å²) in [5, 5.41) is 18.3. The smallest absolute Gasteiger partial charge is 0.144 e. The van der Waals surface area contributed by atoms with E-state index in [1.807, 2.05) is 12.1 Å². The number of nitrogen functional groups attached to an aromatic ring is 2. The molecule has 0 amide bonds. The molecule has 2 heterocycles. The lowest BCUT2D eigenvalue weighted by molar-refractivity contribution is 1.28. The summed E-state index contributed by atoms with van der Waals surface area (Å²) in [6.45, 7) is 0. The van der Waals surface area contributed by atoms with E-state index in [0.29, 0.717) is 11.1 Å². The predicted molar refractivity (Wildman–Crippen MR) is 65.7 cm³/mol. The van der Waals surface area contributed by atoms with Gasteiger partial charge in [0.25, 0.3) is 0 Å². The lowest BCUT2D eigenvalue weighted by atomic mass is 9.97. The van der Waals surface area contributed by atoms with E-state index in [2.05, 4.69) is 9.97 Å². The molecule has 2 rings (SSSR count). The molecule has 0 atom stereocenters. The summed E-state index contributed by atoms with van der Waals surface area (Å²) >= 11 is 0. The van der Waals surface area contributed by atoms with Crippen molar-refractivity contribution in [2.45, 2.75) is 0 Å². The van der Waals surface area contributed by atoms with E-state index >= 15 is 0 Å². The second-order valence-electron chi connectivity index (χ2n) is 3.47. The summed E-state index contributed by atoms with van der Waals surface area (Å²) in [6, 6.07) is 7.31. The third-order valence-corrected chi connectivity index (χ3v) is 2.43. The van der Waals surface area contributed by atoms with Crippen LogP contribution in [-0.4, -0.2) is 9.97 Å². The van der Waals surface area contributed by atoms with E-state index in [1.54, 1.807) is 18.3 Å². The fourth-order valence-corrected chi connectivity index (χ4v) is 1.65. The van der Waals surface area contributed by atoms with Crippen molar-refractivity contribution in [3.63, 3.8) is 0 Å². The quantitative estimate of drug-likeness (QED) is 0.762. The van der Waals surface area contributed by atoms with Gasteiger partial charge in [-0.3, -0.25) is 4.98 Å². The Hall–Kier alpha value is -3.12. The Bertz CT molecular complexity index is 640. The highest BCUT2D eigenvalue weighted by molar-refractivity contribution is 5.83. The highest BCUT2D eigenvalue weighted by Crippen LogP contribution is 2.32. The molecule has 0 aliphatic carbocycles. The van der Waals surface area contributed by atoms with Gasteiger partial charge in [0.1, 0.15) is 34.9 Å². The van der Waals surface area contributed by atoms with E-state index < -0.39 is 0 Å². The predicted octanol–water partition coefficient (Wildman–Crippen LogP) is 1.05. The Kier molecular flexibility index (Phi) is 2.78. The summed E-state index contributed by atoms with van der Waals surface area (Å²) in [4.78, 5) is 7.74. The first kappa shape index (κ1) is 11.4. The van der Waals surface area contributed by atoms with E-state index in [1.165, 1.54) is 6.20 Å². The van der Waals surface area contributed by atoms with Crippen LogP contribution in [0.2, 0.25) is 0 Å². The molecule has 0 aliphatic rings. The first-order valence-electron chi connectivity index (χ1n) is 4.98. The van der Waals surface area contributed by atoms with E-state index in [-0.39, 0.29) is 22.8 Å². The highest BCUT2D eigenvalue weighted by Gasteiger charge is 2.18. The van der Waals surface area contributed by atoms with Gasteiger partial charge in [-0.15, -0.1) is 0 Å². The lowest BCUT2D eigenvalue weighted by Gasteiger charge is -2.10. The van der Waals surface area contributed by atoms with Crippen molar-refractivity contribution < 1.29 is 0 Å². The molecule has 0 spiro atoms. The summed E-state index contributed by atoms with van der Waals surface area (Å²) in [5.74, 6) is 0.0145. The van der Waals surface area contributed by atoms with Crippen molar-refractivity contribution >= 4 is 11.6 Å². The Morgan fingerprint density at radius 3 is 2.11 bits per heavy atom. The van der Waals surface area contributed by atoms with Crippen molar-refractivity contribution in [1.29, 1.82) is 10.5 Å². The number of pyridine rings is 2. The average molecular weight is 236 g/mol. The van der Waals surface area contributed by atoms with Crippen LogP contribution in [0.1, 0.15) is 11.1 Å². The molecule has 0 bridgehead atoms. The zero-order valence-electron chi connectivity index (χ0n) is 9.25. The van der Waals surface area contributed by atoms with Crippen molar-refractivity contribution in [1.82, 2.24) is 9.97 Å². The summed E-state index contributed by atoms with van der Waals surface area (Å²) in [5.41, 5.74) is 12.5. The molecule has 2 aromatic rings. The van der Waals surface area contributed by atoms with Crippen molar-refractivity contribution in [2.24, 2.45) is 0 Å². The number of hydrogen-bond acceptors (Lipinski definition) is 6. The van der Waals surface area contributed by atoms with Crippen LogP contribution in [0.25, 0.3) is 11.1 Å². The molecule has 18 heavy (non-hydrogen) atoms. The van der Waals surface area contributed by atoms with E-state index in [9.17, 15) is 0 Å². The van der Waals surface area contributed by atoms with Crippen LogP contribution < -0.4 is 11.5 Å². The molecule has 0 fully saturated rings. The van der Waals surface area contributed by atoms with Crippen LogP contribution in [-0.2, 0) is 0 Å². The molecule has 0 unspecified atom stereocenters. The van der Waals surface area contributed by atoms with Gasteiger partial charge in [0, 0.05) is 23.5 Å². The number of nitrogens with zero attached hydrogens (tertiary/aromatic N) is 4. The van der Waals surface area contributed by atoms with Crippen LogP contribution in [0.5, 0.6) is 0 Å². The normalized spacial score (nSPS) is 9.44. The van der Waals surface area contributed by atoms with Gasteiger partial charge in [0.05, 0.1) is 0 Å². The third-order valence-electron chi connectivity index (χ3n) is 2.43. The number of nitriles is 2. The molecular weight excluding hydrogens is 228 g/mol. The number of nitrogens with two attached hydrogens (primary N) is 2. The Morgan fingerprint density at radius 2 is 1.67 bits per heavy atom. The van der Waals surface area contributed by atoms with Gasteiger partial charge in [-0.05, 0) is 6.07 Å². The molecular formula is C12H8N6. The molecule has 0 saturated carbocycles. The molecule has 4 N–H and O–H groups in total. The lowest BCUT2D eigenvalue weighted by Crippen LogP contribution is -2.05. The first-order chi connectivity index (χ1) is 8.69. The number of rotatable bonds is 1. The molecule has 2 aromatic heterocycles. The van der Waals surface area contributed by atoms with Gasteiger partial charge in [-0.2, -0.15) is 10.5 Å². The topological polar surface area (TPSA) is 125 Å². The van der Waals surface area contributed by atoms with Crippen LogP contribution in [0.15, 0.2) is 24.5 Å². The number of hydrogen-bond donors (Lipinski definition) is 2. The van der Waals surface area contributed by atoms with E-state index in [4.69, 9.17) is 22.0 Å². The fraction of sp³-hybridized carbons (Fsp3) is 0. The van der Waals surface area contributed by atoms with Gasteiger partial charge >= 0.3 is 0 Å². The largest absolute Gasteiger partial charge is 0.383 e. The third kappa shape index (κ3) is 1.68. The minimum absolute atomic E-state index is 0.00727. The van der Waals surface area contributed by atoms with Crippen LogP contribution >= 0.6 is 0 Å². The van der Waals surface area contributed by atoms with Crippen LogP contribution in [0.3, 0.4) is 0 Å². The maximum absolute atomic E-state index is 9.13. The van der Waals surface area contributed by atoms with Gasteiger partial charge < -0.3 is 11.5 Å². The SMILES string of the molecule is N#Cc1c(N)nc(N)c(C#N)c1-c1cccnc1. The Balaban J connectivity index is 2.89. The summed E-state index contributed by atoms with van der Waals surface area (Å²) in [6.07, 6.45) is 3.13. The molecule has 86 valence electrons. The molecule has 0 radical (unpaired) electrons. The molecule has 6 nitrogen and oxygen atoms in total. The molecule has 0 aromatic carbocycles. The highest BCUT2D eigenvalue weighted by atomic mass is 14.9. The second-order valence-corrected chi connectivity index (χ2v) is 3.47. The van der Waals surface area contributed by atoms with Gasteiger partial charge in [0.15, 0.2) is 0 Å². The van der Waals surface area contributed by atoms with Crippen molar-refractivity contribution in [3.05, 3.63) is 35.7 Å². The summed E-state index contributed by atoms with van der Waals surface area (Å²) in [7, 11) is 0. The minimum atomic E-state index is 0.00727. The Labute approximate surface area is 103 Å². The standard InChI is InChI=1S/C12H8N6/c13-4-8-10(7-2-1-3-17-6-7)9(5-14)12(16)18-11(8)15/h1-3,6H,(H4,15,16,18). The monoisotopic (exact) mass is 236 g/mol. The van der Waals surface area contributed by atoms with Crippen molar-refractivity contribution in [3.8, 4) is 23.3 Å². The minimum Gasteiger partial charge on any atom is -0.383 e. The fourth-order valence-electron chi connectivity index (χ4n) is 1.65. The van der Waals surface area contributed by atoms with Gasteiger partial charge in [-0.25, -0.2) is 4.98 Å².